The van der Waals surface area contributed by atoms with Crippen LogP contribution in [0.3, 0.4) is 0 Å². The van der Waals surface area contributed by atoms with Gasteiger partial charge in [-0.3, -0.25) is 9.59 Å². The molecule has 166 valence electrons. The summed E-state index contributed by atoms with van der Waals surface area (Å²) in [7, 11) is 0. The van der Waals surface area contributed by atoms with Crippen LogP contribution in [0.15, 0.2) is 30.6 Å². The van der Waals surface area contributed by atoms with Gasteiger partial charge in [-0.05, 0) is 25.1 Å². The lowest BCUT2D eigenvalue weighted by atomic mass is 10.0. The molecule has 0 aliphatic carbocycles. The van der Waals surface area contributed by atoms with Gasteiger partial charge in [-0.25, -0.2) is 9.97 Å². The van der Waals surface area contributed by atoms with E-state index in [0.29, 0.717) is 28.2 Å². The summed E-state index contributed by atoms with van der Waals surface area (Å²) in [5.41, 5.74) is -2.35. The van der Waals surface area contributed by atoms with Gasteiger partial charge >= 0.3 is 6.18 Å². The van der Waals surface area contributed by atoms with E-state index in [-0.39, 0.29) is 31.9 Å². The van der Waals surface area contributed by atoms with Crippen LogP contribution in [0, 0.1) is 0 Å². The summed E-state index contributed by atoms with van der Waals surface area (Å²) in [6, 6.07) is 6.34. The number of rotatable bonds is 3. The van der Waals surface area contributed by atoms with Crippen molar-refractivity contribution in [1.82, 2.24) is 19.8 Å². The number of hydrogen-bond donors (Lipinski definition) is 1. The molecule has 1 fully saturated rings. The average Bonchev–Trinajstić information content (AvgIpc) is 2.74. The average molecular weight is 477 g/mol. The Labute approximate surface area is 185 Å². The molecule has 2 heterocycles. The van der Waals surface area contributed by atoms with Crippen LogP contribution < -0.4 is 0 Å². The Hall–Kier alpha value is -2.43. The maximum absolute atomic E-state index is 12.9. The number of alkyl halides is 3. The summed E-state index contributed by atoms with van der Waals surface area (Å²) >= 11 is 11.9. The van der Waals surface area contributed by atoms with Crippen LogP contribution in [-0.4, -0.2) is 74.6 Å². The molecule has 7 nitrogen and oxygen atoms in total. The van der Waals surface area contributed by atoms with Gasteiger partial charge in [0.25, 0.3) is 11.8 Å². The third kappa shape index (κ3) is 4.76. The monoisotopic (exact) mass is 476 g/mol. The largest absolute Gasteiger partial charge is 0.426 e. The summed E-state index contributed by atoms with van der Waals surface area (Å²) in [5, 5.41) is 10.3. The minimum absolute atomic E-state index is 0.00931. The zero-order valence-corrected chi connectivity index (χ0v) is 17.7. The Morgan fingerprint density at radius 2 is 1.61 bits per heavy atom. The van der Waals surface area contributed by atoms with Crippen LogP contribution in [0.1, 0.15) is 17.4 Å². The number of piperazine rings is 1. The van der Waals surface area contributed by atoms with Crippen molar-refractivity contribution < 1.29 is 27.9 Å². The zero-order valence-electron chi connectivity index (χ0n) is 16.2. The number of carbonyl (C=O) groups excluding carboxylic acids is 2. The van der Waals surface area contributed by atoms with Crippen molar-refractivity contribution >= 4 is 35.0 Å². The molecule has 1 N–H and O–H groups in total. The first kappa shape index (κ1) is 23.2. The van der Waals surface area contributed by atoms with Crippen molar-refractivity contribution in [3.05, 3.63) is 46.3 Å². The summed E-state index contributed by atoms with van der Waals surface area (Å²) in [5.74, 6) is -1.91. The fourth-order valence-electron chi connectivity index (χ4n) is 2.99. The fourth-order valence-corrected chi connectivity index (χ4v) is 3.29. The standard InChI is InChI=1S/C19H17Cl2F3N4O3/c1-18(31,19(22,23)24)17(30)28-6-4-27(5-7-28)16(29)15-9-14(25-10-26-15)11-2-3-12(20)13(21)8-11/h2-3,8-10,31H,4-7H2,1H3. The van der Waals surface area contributed by atoms with Crippen molar-refractivity contribution in [1.29, 1.82) is 0 Å². The van der Waals surface area contributed by atoms with Gasteiger partial charge in [0.1, 0.15) is 12.0 Å². The summed E-state index contributed by atoms with van der Waals surface area (Å²) in [4.78, 5) is 35.2. The van der Waals surface area contributed by atoms with Crippen molar-refractivity contribution in [2.75, 3.05) is 26.2 Å². The van der Waals surface area contributed by atoms with E-state index >= 15 is 0 Å². The minimum atomic E-state index is -5.10. The van der Waals surface area contributed by atoms with E-state index in [1.165, 1.54) is 17.3 Å². The number of benzene rings is 1. The van der Waals surface area contributed by atoms with Gasteiger partial charge in [-0.15, -0.1) is 0 Å². The van der Waals surface area contributed by atoms with Crippen LogP contribution in [-0.2, 0) is 4.79 Å². The molecule has 2 aromatic rings. The number of aromatic nitrogens is 2. The fraction of sp³-hybridized carbons (Fsp3) is 0.368. The SMILES string of the molecule is CC(O)(C(=O)N1CCN(C(=O)c2cc(-c3ccc(Cl)c(Cl)c3)ncn2)CC1)C(F)(F)F. The van der Waals surface area contributed by atoms with E-state index in [4.69, 9.17) is 23.2 Å². The van der Waals surface area contributed by atoms with Crippen LogP contribution in [0.25, 0.3) is 11.3 Å². The highest BCUT2D eigenvalue weighted by molar-refractivity contribution is 6.42. The maximum atomic E-state index is 12.9. The Bertz CT molecular complexity index is 1010. The van der Waals surface area contributed by atoms with E-state index in [1.54, 1.807) is 18.2 Å². The first-order valence-corrected chi connectivity index (χ1v) is 9.82. The van der Waals surface area contributed by atoms with Gasteiger partial charge in [0.15, 0.2) is 0 Å². The topological polar surface area (TPSA) is 86.6 Å². The van der Waals surface area contributed by atoms with E-state index in [0.717, 1.165) is 4.90 Å². The first-order valence-electron chi connectivity index (χ1n) is 9.07. The molecule has 1 aromatic heterocycles. The molecule has 1 aromatic carbocycles. The highest BCUT2D eigenvalue weighted by Crippen LogP contribution is 2.32. The highest BCUT2D eigenvalue weighted by Gasteiger charge is 2.57. The van der Waals surface area contributed by atoms with E-state index < -0.39 is 23.6 Å². The highest BCUT2D eigenvalue weighted by atomic mass is 35.5. The van der Waals surface area contributed by atoms with Gasteiger partial charge in [0, 0.05) is 31.7 Å². The molecule has 1 aliphatic heterocycles. The van der Waals surface area contributed by atoms with Crippen LogP contribution in [0.4, 0.5) is 13.2 Å². The molecule has 0 bridgehead atoms. The third-order valence-electron chi connectivity index (χ3n) is 4.92. The maximum Gasteiger partial charge on any atom is 0.426 e. The quantitative estimate of drug-likeness (QED) is 0.735. The van der Waals surface area contributed by atoms with Crippen molar-refractivity contribution in [3.63, 3.8) is 0 Å². The molecule has 0 saturated carbocycles. The minimum Gasteiger partial charge on any atom is -0.373 e. The third-order valence-corrected chi connectivity index (χ3v) is 5.66. The van der Waals surface area contributed by atoms with Crippen LogP contribution >= 0.6 is 23.2 Å². The van der Waals surface area contributed by atoms with E-state index in [1.807, 2.05) is 0 Å². The van der Waals surface area contributed by atoms with Gasteiger partial charge in [0.05, 0.1) is 15.7 Å². The summed E-state index contributed by atoms with van der Waals surface area (Å²) in [6.45, 7) is 0.0939. The summed E-state index contributed by atoms with van der Waals surface area (Å²) < 4.78 is 38.7. The lowest BCUT2D eigenvalue weighted by Gasteiger charge is -2.38. The predicted octanol–water partition coefficient (Wildman–Crippen LogP) is 3.05. The molecular weight excluding hydrogens is 460 g/mol. The number of hydrogen-bond acceptors (Lipinski definition) is 5. The normalized spacial score (nSPS) is 16.7. The number of carbonyl (C=O) groups is 2. The zero-order chi connectivity index (χ0) is 23.0. The lowest BCUT2D eigenvalue weighted by molar-refractivity contribution is -0.250. The molecule has 1 atom stereocenters. The molecule has 1 aliphatic rings. The molecule has 2 amide bonds. The molecule has 0 radical (unpaired) electrons. The smallest absolute Gasteiger partial charge is 0.373 e. The molecule has 1 saturated heterocycles. The second-order valence-electron chi connectivity index (χ2n) is 7.07. The van der Waals surface area contributed by atoms with E-state index in [2.05, 4.69) is 9.97 Å². The lowest BCUT2D eigenvalue weighted by Crippen LogP contribution is -2.60. The summed E-state index contributed by atoms with van der Waals surface area (Å²) in [6.07, 6.45) is -3.88. The number of halogens is 5. The molecular formula is C19H17Cl2F3N4O3. The van der Waals surface area contributed by atoms with Crippen molar-refractivity contribution in [2.24, 2.45) is 0 Å². The molecule has 0 spiro atoms. The second-order valence-corrected chi connectivity index (χ2v) is 7.89. The van der Waals surface area contributed by atoms with Crippen LogP contribution in [0.2, 0.25) is 10.0 Å². The van der Waals surface area contributed by atoms with Gasteiger partial charge in [0.2, 0.25) is 5.60 Å². The Morgan fingerprint density at radius 3 is 2.19 bits per heavy atom. The number of amides is 2. The van der Waals surface area contributed by atoms with Gasteiger partial charge in [-0.1, -0.05) is 29.3 Å². The van der Waals surface area contributed by atoms with Crippen molar-refractivity contribution in [2.45, 2.75) is 18.7 Å². The Kier molecular flexibility index (Phi) is 6.45. The molecule has 31 heavy (non-hydrogen) atoms. The predicted molar refractivity (Wildman–Crippen MR) is 107 cm³/mol. The second kappa shape index (κ2) is 8.60. The number of nitrogens with zero attached hydrogens (tertiary/aromatic N) is 4. The number of aliphatic hydroxyl groups is 1. The van der Waals surface area contributed by atoms with Gasteiger partial charge in [-0.2, -0.15) is 13.2 Å². The molecule has 3 rings (SSSR count). The van der Waals surface area contributed by atoms with Crippen molar-refractivity contribution in [3.8, 4) is 11.3 Å². The molecule has 12 heteroatoms. The Balaban J connectivity index is 1.70. The Morgan fingerprint density at radius 1 is 1.00 bits per heavy atom. The van der Waals surface area contributed by atoms with Crippen LogP contribution in [0.5, 0.6) is 0 Å². The van der Waals surface area contributed by atoms with E-state index in [9.17, 15) is 27.9 Å². The van der Waals surface area contributed by atoms with Gasteiger partial charge < -0.3 is 14.9 Å². The first-order chi connectivity index (χ1) is 14.4. The molecule has 1 unspecified atom stereocenters.